The summed E-state index contributed by atoms with van der Waals surface area (Å²) < 4.78 is 49.1. The maximum atomic E-state index is 13.2. The van der Waals surface area contributed by atoms with E-state index < -0.39 is 29.4 Å². The molecule has 3 rings (SSSR count). The van der Waals surface area contributed by atoms with Crippen molar-refractivity contribution in [1.82, 2.24) is 10.2 Å². The van der Waals surface area contributed by atoms with E-state index in [0.29, 0.717) is 31.5 Å². The van der Waals surface area contributed by atoms with E-state index in [0.717, 1.165) is 12.1 Å². The number of hydrogen-bond donors (Lipinski definition) is 1. The predicted molar refractivity (Wildman–Crippen MR) is 112 cm³/mol. The predicted octanol–water partition coefficient (Wildman–Crippen LogP) is 4.28. The molecule has 7 nitrogen and oxygen atoms in total. The second kappa shape index (κ2) is 10.4. The van der Waals surface area contributed by atoms with Crippen molar-refractivity contribution in [3.8, 4) is 5.75 Å². The van der Waals surface area contributed by atoms with Crippen molar-refractivity contribution in [3.05, 3.63) is 65.2 Å². The number of ether oxygens (including phenoxy) is 2. The van der Waals surface area contributed by atoms with Crippen molar-refractivity contribution < 1.29 is 37.0 Å². The maximum absolute atomic E-state index is 13.2. The Bertz CT molecular complexity index is 1000. The number of benzene rings is 2. The Morgan fingerprint density at radius 1 is 1.03 bits per heavy atom. The van der Waals surface area contributed by atoms with Gasteiger partial charge < -0.3 is 19.7 Å². The largest absolute Gasteiger partial charge is 0.513 e. The number of nitrogens with zero attached hydrogens (tertiary/aromatic N) is 1. The molecule has 2 amide bonds. The highest BCUT2D eigenvalue weighted by Crippen LogP contribution is 2.32. The van der Waals surface area contributed by atoms with Crippen LogP contribution in [-0.4, -0.2) is 48.6 Å². The van der Waals surface area contributed by atoms with E-state index in [4.69, 9.17) is 4.74 Å². The molecule has 0 saturated carbocycles. The van der Waals surface area contributed by atoms with E-state index in [-0.39, 0.29) is 24.3 Å². The molecule has 2 aromatic rings. The maximum Gasteiger partial charge on any atom is 0.513 e. The molecule has 0 atom stereocenters. The van der Waals surface area contributed by atoms with Gasteiger partial charge in [0.05, 0.1) is 17.7 Å². The molecule has 1 aliphatic heterocycles. The van der Waals surface area contributed by atoms with Crippen molar-refractivity contribution in [3.63, 3.8) is 0 Å². The summed E-state index contributed by atoms with van der Waals surface area (Å²) in [5, 5.41) is 2.65. The van der Waals surface area contributed by atoms with Crippen molar-refractivity contribution >= 4 is 18.0 Å². The number of rotatable bonds is 5. The number of hydrogen-bond acceptors (Lipinski definition) is 5. The SMILES string of the molecule is CCOC(=O)Oc1ccc(C(=O)N2CCC(NC(=O)c3ccccc3C(F)(F)F)CC2)cc1. The Hall–Kier alpha value is -3.56. The first-order valence-corrected chi connectivity index (χ1v) is 10.4. The fourth-order valence-electron chi connectivity index (χ4n) is 3.51. The van der Waals surface area contributed by atoms with Crippen LogP contribution in [0.2, 0.25) is 0 Å². The number of amides is 2. The number of halogens is 3. The smallest absolute Gasteiger partial charge is 0.434 e. The van der Waals surface area contributed by atoms with E-state index >= 15 is 0 Å². The molecule has 1 N–H and O–H groups in total. The fraction of sp³-hybridized carbons (Fsp3) is 0.348. The average Bonchev–Trinajstić information content (AvgIpc) is 2.79. The highest BCUT2D eigenvalue weighted by Gasteiger charge is 2.35. The topological polar surface area (TPSA) is 84.9 Å². The van der Waals surface area contributed by atoms with Crippen LogP contribution in [0.25, 0.3) is 0 Å². The van der Waals surface area contributed by atoms with Gasteiger partial charge in [0.25, 0.3) is 11.8 Å². The first-order valence-electron chi connectivity index (χ1n) is 10.4. The lowest BCUT2D eigenvalue weighted by atomic mass is 10.0. The summed E-state index contributed by atoms with van der Waals surface area (Å²) in [6, 6.07) is 10.3. The van der Waals surface area contributed by atoms with Crippen LogP contribution in [0.4, 0.5) is 18.0 Å². The van der Waals surface area contributed by atoms with Gasteiger partial charge in [0.15, 0.2) is 0 Å². The molecule has 0 bridgehead atoms. The van der Waals surface area contributed by atoms with E-state index in [9.17, 15) is 27.6 Å². The molecule has 0 radical (unpaired) electrons. The monoisotopic (exact) mass is 464 g/mol. The summed E-state index contributed by atoms with van der Waals surface area (Å²) in [6.45, 7) is 2.51. The third kappa shape index (κ3) is 6.24. The molecule has 33 heavy (non-hydrogen) atoms. The molecule has 1 heterocycles. The number of alkyl halides is 3. The fourth-order valence-corrected chi connectivity index (χ4v) is 3.51. The van der Waals surface area contributed by atoms with E-state index in [1.807, 2.05) is 0 Å². The molecule has 0 aliphatic carbocycles. The Kier molecular flexibility index (Phi) is 7.57. The normalized spacial score (nSPS) is 14.5. The van der Waals surface area contributed by atoms with Gasteiger partial charge in [0.1, 0.15) is 5.75 Å². The van der Waals surface area contributed by atoms with Crippen LogP contribution in [-0.2, 0) is 10.9 Å². The third-order valence-corrected chi connectivity index (χ3v) is 5.16. The zero-order chi connectivity index (χ0) is 24.0. The van der Waals surface area contributed by atoms with Gasteiger partial charge in [-0.3, -0.25) is 9.59 Å². The number of nitrogens with one attached hydrogen (secondary N) is 1. The number of piperidine rings is 1. The second-order valence-electron chi connectivity index (χ2n) is 7.39. The van der Waals surface area contributed by atoms with Crippen molar-refractivity contribution in [2.24, 2.45) is 0 Å². The average molecular weight is 464 g/mol. The van der Waals surface area contributed by atoms with Gasteiger partial charge in [-0.15, -0.1) is 0 Å². The van der Waals surface area contributed by atoms with E-state index in [2.05, 4.69) is 10.1 Å². The molecular weight excluding hydrogens is 441 g/mol. The molecule has 1 saturated heterocycles. The summed E-state index contributed by atoms with van der Waals surface area (Å²) in [4.78, 5) is 38.1. The van der Waals surface area contributed by atoms with Crippen LogP contribution in [0.3, 0.4) is 0 Å². The standard InChI is InChI=1S/C23H23F3N2O5/c1-2-32-22(31)33-17-9-7-15(8-10-17)21(30)28-13-11-16(12-14-28)27-20(29)18-5-3-4-6-19(18)23(24,25)26/h3-10,16H,2,11-14H2,1H3,(H,27,29). The Balaban J connectivity index is 1.54. The van der Waals surface area contributed by atoms with Crippen molar-refractivity contribution in [1.29, 1.82) is 0 Å². The lowest BCUT2D eigenvalue weighted by Gasteiger charge is -2.32. The summed E-state index contributed by atoms with van der Waals surface area (Å²) in [6.07, 6.45) is -4.63. The summed E-state index contributed by atoms with van der Waals surface area (Å²) >= 11 is 0. The minimum absolute atomic E-state index is 0.181. The summed E-state index contributed by atoms with van der Waals surface area (Å²) in [7, 11) is 0. The van der Waals surface area contributed by atoms with Gasteiger partial charge in [-0.2, -0.15) is 13.2 Å². The third-order valence-electron chi connectivity index (χ3n) is 5.16. The Labute approximate surface area is 188 Å². The Morgan fingerprint density at radius 3 is 2.27 bits per heavy atom. The molecular formula is C23H23F3N2O5. The minimum Gasteiger partial charge on any atom is -0.434 e. The van der Waals surface area contributed by atoms with Gasteiger partial charge in [-0.05, 0) is 56.2 Å². The van der Waals surface area contributed by atoms with Crippen molar-refractivity contribution in [2.75, 3.05) is 19.7 Å². The first kappa shape index (κ1) is 24.1. The van der Waals surface area contributed by atoms with Gasteiger partial charge in [0.2, 0.25) is 0 Å². The highest BCUT2D eigenvalue weighted by molar-refractivity contribution is 5.96. The van der Waals surface area contributed by atoms with Crippen LogP contribution in [0.15, 0.2) is 48.5 Å². The zero-order valence-corrected chi connectivity index (χ0v) is 17.9. The molecule has 0 aromatic heterocycles. The molecule has 10 heteroatoms. The molecule has 2 aromatic carbocycles. The zero-order valence-electron chi connectivity index (χ0n) is 17.9. The lowest BCUT2D eigenvalue weighted by Crippen LogP contribution is -2.46. The van der Waals surface area contributed by atoms with Crippen molar-refractivity contribution in [2.45, 2.75) is 32.0 Å². The van der Waals surface area contributed by atoms with Gasteiger partial charge >= 0.3 is 12.3 Å². The van der Waals surface area contributed by atoms with Crippen LogP contribution < -0.4 is 10.1 Å². The molecule has 0 spiro atoms. The van der Waals surface area contributed by atoms with Crippen LogP contribution in [0.5, 0.6) is 5.75 Å². The van der Waals surface area contributed by atoms with Crippen LogP contribution >= 0.6 is 0 Å². The highest BCUT2D eigenvalue weighted by atomic mass is 19.4. The molecule has 1 fully saturated rings. The van der Waals surface area contributed by atoms with Gasteiger partial charge in [0, 0.05) is 24.7 Å². The van der Waals surface area contributed by atoms with Crippen LogP contribution in [0, 0.1) is 0 Å². The molecule has 1 aliphatic rings. The van der Waals surface area contributed by atoms with E-state index in [1.165, 1.54) is 36.4 Å². The lowest BCUT2D eigenvalue weighted by molar-refractivity contribution is -0.137. The van der Waals surface area contributed by atoms with Gasteiger partial charge in [-0.25, -0.2) is 4.79 Å². The van der Waals surface area contributed by atoms with Crippen LogP contribution in [0.1, 0.15) is 46.0 Å². The quantitative estimate of drug-likeness (QED) is 0.528. The van der Waals surface area contributed by atoms with Gasteiger partial charge in [-0.1, -0.05) is 12.1 Å². The number of carbonyl (C=O) groups excluding carboxylic acids is 3. The number of carbonyl (C=O) groups is 3. The first-order chi connectivity index (χ1) is 15.7. The summed E-state index contributed by atoms with van der Waals surface area (Å²) in [5.41, 5.74) is -1.01. The second-order valence-corrected chi connectivity index (χ2v) is 7.39. The van der Waals surface area contributed by atoms with E-state index in [1.54, 1.807) is 11.8 Å². The summed E-state index contributed by atoms with van der Waals surface area (Å²) in [5.74, 6) is -0.777. The minimum atomic E-state index is -4.62. The number of likely N-dealkylation sites (tertiary alicyclic amines) is 1. The Morgan fingerprint density at radius 2 is 1.67 bits per heavy atom. The molecule has 176 valence electrons. The molecule has 0 unspecified atom stereocenters.